The minimum absolute atomic E-state index is 0.173. The van der Waals surface area contributed by atoms with Crippen molar-refractivity contribution in [3.05, 3.63) is 53.1 Å². The molecule has 0 spiro atoms. The van der Waals surface area contributed by atoms with Crippen LogP contribution in [-0.4, -0.2) is 36.8 Å². The fourth-order valence-electron chi connectivity index (χ4n) is 2.73. The van der Waals surface area contributed by atoms with Crippen molar-refractivity contribution in [3.8, 4) is 17.2 Å². The highest BCUT2D eigenvalue weighted by Crippen LogP contribution is 2.39. The predicted molar refractivity (Wildman–Crippen MR) is 101 cm³/mol. The first-order chi connectivity index (χ1) is 13.1. The average molecular weight is 369 g/mol. The second kappa shape index (κ2) is 7.77. The van der Waals surface area contributed by atoms with Crippen LogP contribution in [0, 0.1) is 0 Å². The zero-order valence-electron chi connectivity index (χ0n) is 15.2. The Kier molecular flexibility index (Phi) is 5.25. The first kappa shape index (κ1) is 18.2. The summed E-state index contributed by atoms with van der Waals surface area (Å²) >= 11 is 0. The molecule has 3 rings (SSSR count). The van der Waals surface area contributed by atoms with Crippen LogP contribution >= 0.6 is 0 Å². The lowest BCUT2D eigenvalue weighted by atomic mass is 10.2. The lowest BCUT2D eigenvalue weighted by Crippen LogP contribution is -2.27. The van der Waals surface area contributed by atoms with Crippen molar-refractivity contribution in [1.29, 1.82) is 0 Å². The number of aromatic nitrogens is 2. The van der Waals surface area contributed by atoms with Crippen molar-refractivity contribution in [3.63, 3.8) is 0 Å². The molecular weight excluding hydrogens is 350 g/mol. The number of carbonyl (C=O) groups is 1. The minimum atomic E-state index is -0.386. The summed E-state index contributed by atoms with van der Waals surface area (Å²) in [7, 11) is 4.48. The number of amides is 1. The number of rotatable bonds is 6. The third kappa shape index (κ3) is 3.69. The number of fused-ring (bicyclic) bond motifs is 1. The maximum Gasteiger partial charge on any atom is 0.261 e. The van der Waals surface area contributed by atoms with Crippen molar-refractivity contribution in [2.45, 2.75) is 6.54 Å². The summed E-state index contributed by atoms with van der Waals surface area (Å²) in [6, 6.07) is 10.2. The van der Waals surface area contributed by atoms with Gasteiger partial charge in [-0.2, -0.15) is 0 Å². The maximum absolute atomic E-state index is 12.5. The Balaban J connectivity index is 1.84. The highest BCUT2D eigenvalue weighted by molar-refractivity contribution is 5.91. The molecule has 0 saturated carbocycles. The Morgan fingerprint density at radius 3 is 2.37 bits per heavy atom. The Morgan fingerprint density at radius 2 is 1.74 bits per heavy atom. The number of anilines is 1. The molecule has 3 aromatic rings. The smallest absolute Gasteiger partial charge is 0.261 e. The Labute approximate surface area is 155 Å². The first-order valence-corrected chi connectivity index (χ1v) is 8.11. The van der Waals surface area contributed by atoms with Crippen molar-refractivity contribution in [2.24, 2.45) is 0 Å². The molecule has 0 radical (unpaired) electrons. The molecule has 0 bridgehead atoms. The van der Waals surface area contributed by atoms with Gasteiger partial charge in [0.2, 0.25) is 11.7 Å². The van der Waals surface area contributed by atoms with Gasteiger partial charge >= 0.3 is 0 Å². The summed E-state index contributed by atoms with van der Waals surface area (Å²) in [5.74, 6) is 0.866. The number of nitrogens with one attached hydrogen (secondary N) is 1. The molecule has 0 aliphatic carbocycles. The molecule has 1 amide bonds. The number of hydrogen-bond acceptors (Lipinski definition) is 6. The molecule has 0 atom stereocenters. The highest BCUT2D eigenvalue weighted by Gasteiger charge is 2.15. The van der Waals surface area contributed by atoms with Gasteiger partial charge in [0, 0.05) is 17.8 Å². The molecule has 1 N–H and O–H groups in total. The summed E-state index contributed by atoms with van der Waals surface area (Å²) in [6.07, 6.45) is 1.36. The fourth-order valence-corrected chi connectivity index (χ4v) is 2.73. The van der Waals surface area contributed by atoms with Gasteiger partial charge in [0.1, 0.15) is 6.54 Å². The van der Waals surface area contributed by atoms with Crippen LogP contribution in [0.25, 0.3) is 10.9 Å². The third-order valence-electron chi connectivity index (χ3n) is 3.99. The molecule has 0 aliphatic heterocycles. The second-order valence-electron chi connectivity index (χ2n) is 5.66. The summed E-state index contributed by atoms with van der Waals surface area (Å²) in [5, 5.41) is 3.18. The number of nitrogens with zero attached hydrogens (tertiary/aromatic N) is 2. The molecule has 27 heavy (non-hydrogen) atoms. The number of carbonyl (C=O) groups excluding carboxylic acids is 1. The van der Waals surface area contributed by atoms with Crippen LogP contribution in [-0.2, 0) is 11.3 Å². The Hall–Kier alpha value is -3.55. The van der Waals surface area contributed by atoms with Crippen molar-refractivity contribution in [2.75, 3.05) is 26.6 Å². The van der Waals surface area contributed by atoms with Gasteiger partial charge in [-0.05, 0) is 12.1 Å². The number of benzene rings is 2. The van der Waals surface area contributed by atoms with Crippen LogP contribution in [0.15, 0.2) is 47.5 Å². The van der Waals surface area contributed by atoms with Gasteiger partial charge in [-0.3, -0.25) is 14.2 Å². The quantitative estimate of drug-likeness (QED) is 0.715. The molecule has 1 heterocycles. The highest BCUT2D eigenvalue weighted by atomic mass is 16.5. The van der Waals surface area contributed by atoms with Gasteiger partial charge in [0.25, 0.3) is 5.56 Å². The van der Waals surface area contributed by atoms with E-state index in [0.29, 0.717) is 33.8 Å². The number of para-hydroxylation sites is 1. The van der Waals surface area contributed by atoms with Crippen molar-refractivity contribution < 1.29 is 19.0 Å². The fraction of sp³-hybridized carbons (Fsp3) is 0.211. The second-order valence-corrected chi connectivity index (χ2v) is 5.66. The van der Waals surface area contributed by atoms with Crippen LogP contribution in [0.4, 0.5) is 5.69 Å². The van der Waals surface area contributed by atoms with Gasteiger partial charge in [0.15, 0.2) is 11.5 Å². The minimum Gasteiger partial charge on any atom is -0.493 e. The van der Waals surface area contributed by atoms with Crippen LogP contribution in [0.1, 0.15) is 0 Å². The molecule has 8 nitrogen and oxygen atoms in total. The van der Waals surface area contributed by atoms with E-state index in [-0.39, 0.29) is 18.0 Å². The molecule has 140 valence electrons. The Bertz CT molecular complexity index is 1020. The normalized spacial score (nSPS) is 10.5. The zero-order valence-corrected chi connectivity index (χ0v) is 15.2. The molecule has 1 aromatic heterocycles. The molecule has 0 saturated heterocycles. The number of ether oxygens (including phenoxy) is 3. The SMILES string of the molecule is COc1cc(NC(=O)Cn2cnc3ccccc3c2=O)cc(OC)c1OC. The molecule has 0 unspecified atom stereocenters. The predicted octanol–water partition coefficient (Wildman–Crippen LogP) is 2.06. The largest absolute Gasteiger partial charge is 0.493 e. The topological polar surface area (TPSA) is 91.7 Å². The summed E-state index contributed by atoms with van der Waals surface area (Å²) < 4.78 is 17.0. The van der Waals surface area contributed by atoms with E-state index in [0.717, 1.165) is 0 Å². The molecule has 2 aromatic carbocycles. The van der Waals surface area contributed by atoms with Gasteiger partial charge in [-0.1, -0.05) is 12.1 Å². The van der Waals surface area contributed by atoms with Gasteiger partial charge in [0.05, 0.1) is 38.6 Å². The van der Waals surface area contributed by atoms with E-state index in [1.807, 2.05) is 0 Å². The Morgan fingerprint density at radius 1 is 1.07 bits per heavy atom. The summed E-state index contributed by atoms with van der Waals surface area (Å²) in [5.41, 5.74) is 0.765. The van der Waals surface area contributed by atoms with Gasteiger partial charge in [-0.25, -0.2) is 4.98 Å². The lowest BCUT2D eigenvalue weighted by molar-refractivity contribution is -0.116. The van der Waals surface area contributed by atoms with E-state index in [4.69, 9.17) is 14.2 Å². The first-order valence-electron chi connectivity index (χ1n) is 8.11. The maximum atomic E-state index is 12.5. The molecule has 0 aliphatic rings. The van der Waals surface area contributed by atoms with Crippen molar-refractivity contribution >= 4 is 22.5 Å². The van der Waals surface area contributed by atoms with E-state index in [9.17, 15) is 9.59 Å². The van der Waals surface area contributed by atoms with E-state index >= 15 is 0 Å². The van der Waals surface area contributed by atoms with E-state index in [1.165, 1.54) is 32.2 Å². The van der Waals surface area contributed by atoms with Crippen LogP contribution < -0.4 is 25.1 Å². The van der Waals surface area contributed by atoms with Crippen molar-refractivity contribution in [1.82, 2.24) is 9.55 Å². The molecule has 0 fully saturated rings. The van der Waals surface area contributed by atoms with Crippen LogP contribution in [0.5, 0.6) is 17.2 Å². The van der Waals surface area contributed by atoms with E-state index < -0.39 is 0 Å². The van der Waals surface area contributed by atoms with Crippen LogP contribution in [0.3, 0.4) is 0 Å². The monoisotopic (exact) mass is 369 g/mol. The zero-order chi connectivity index (χ0) is 19.4. The van der Waals surface area contributed by atoms with Crippen LogP contribution in [0.2, 0.25) is 0 Å². The van der Waals surface area contributed by atoms with E-state index in [2.05, 4.69) is 10.3 Å². The third-order valence-corrected chi connectivity index (χ3v) is 3.99. The average Bonchev–Trinajstić information content (AvgIpc) is 2.69. The molecule has 8 heteroatoms. The summed E-state index contributed by atoms with van der Waals surface area (Å²) in [4.78, 5) is 29.1. The number of hydrogen-bond donors (Lipinski definition) is 1. The molecular formula is C19H19N3O5. The summed E-state index contributed by atoms with van der Waals surface area (Å²) in [6.45, 7) is -0.173. The lowest BCUT2D eigenvalue weighted by Gasteiger charge is -2.15. The van der Waals surface area contributed by atoms with Gasteiger partial charge < -0.3 is 19.5 Å². The number of methoxy groups -OCH3 is 3. The standard InChI is InChI=1S/C19H19N3O5/c1-25-15-8-12(9-16(26-2)18(15)27-3)21-17(23)10-22-11-20-14-7-5-4-6-13(14)19(22)24/h4-9,11H,10H2,1-3H3,(H,21,23). The van der Waals surface area contributed by atoms with Gasteiger partial charge in [-0.15, -0.1) is 0 Å². The van der Waals surface area contributed by atoms with E-state index in [1.54, 1.807) is 36.4 Å².